The molecule has 2 aromatic rings. The van der Waals surface area contributed by atoms with Crippen LogP contribution in [0.15, 0.2) is 24.3 Å². The summed E-state index contributed by atoms with van der Waals surface area (Å²) in [6.45, 7) is 3.91. The average Bonchev–Trinajstić information content (AvgIpc) is 3.10. The molecule has 1 aliphatic rings. The molecule has 33 heavy (non-hydrogen) atoms. The molecule has 6 nitrogen and oxygen atoms in total. The van der Waals surface area contributed by atoms with Crippen LogP contribution in [0.2, 0.25) is 0 Å². The zero-order chi connectivity index (χ0) is 24.2. The maximum atomic E-state index is 12.7. The number of alkyl halides is 3. The van der Waals surface area contributed by atoms with Crippen molar-refractivity contribution in [1.82, 2.24) is 10.6 Å². The van der Waals surface area contributed by atoms with Crippen LogP contribution >= 0.6 is 58.4 Å². The number of carbonyl (C=O) groups is 2. The molecule has 0 unspecified atom stereocenters. The van der Waals surface area contributed by atoms with E-state index < -0.39 is 21.8 Å². The number of ether oxygens (including phenoxy) is 1. The molecule has 3 N–H and O–H groups in total. The van der Waals surface area contributed by atoms with Gasteiger partial charge >= 0.3 is 5.97 Å². The highest BCUT2D eigenvalue weighted by Gasteiger charge is 2.35. The molecule has 1 aromatic heterocycles. The van der Waals surface area contributed by atoms with Gasteiger partial charge in [-0.2, -0.15) is 0 Å². The molecule has 0 saturated heterocycles. The number of aryl methyl sites for hydroxylation is 2. The Kier molecular flexibility index (Phi) is 8.86. The van der Waals surface area contributed by atoms with Gasteiger partial charge in [-0.05, 0) is 69.4 Å². The van der Waals surface area contributed by atoms with Crippen molar-refractivity contribution in [2.75, 3.05) is 11.9 Å². The van der Waals surface area contributed by atoms with Crippen LogP contribution in [-0.4, -0.2) is 33.6 Å². The molecule has 0 saturated carbocycles. The Hall–Kier alpha value is -1.58. The Bertz CT molecular complexity index is 1050. The van der Waals surface area contributed by atoms with E-state index in [1.165, 1.54) is 11.3 Å². The van der Waals surface area contributed by atoms with Crippen molar-refractivity contribution >= 4 is 80.3 Å². The number of thiocarbonyl (C=S) groups is 1. The molecular formula is C22H24Cl3N3O3S2. The standard InChI is InChI=1S/C22H24Cl3N3O3S2/c1-3-31-19(30)16-14-9-4-5-10-15(14)33-18(16)27-21(32)28-20(22(23,24)25)26-17(29)13-8-6-7-12(2)11-13/h6-8,11,20H,3-5,9-10H2,1-2H3,(H,26,29)(H2,27,28,32)/t20-/m1/s1. The lowest BCUT2D eigenvalue weighted by Gasteiger charge is -2.27. The van der Waals surface area contributed by atoms with Gasteiger partial charge in [0.2, 0.25) is 3.79 Å². The quantitative estimate of drug-likeness (QED) is 0.191. The van der Waals surface area contributed by atoms with Gasteiger partial charge in [0, 0.05) is 10.4 Å². The summed E-state index contributed by atoms with van der Waals surface area (Å²) in [5.41, 5.74) is 2.84. The van der Waals surface area contributed by atoms with E-state index in [2.05, 4.69) is 16.0 Å². The lowest BCUT2D eigenvalue weighted by molar-refractivity contribution is 0.0526. The summed E-state index contributed by atoms with van der Waals surface area (Å²) >= 11 is 25.2. The van der Waals surface area contributed by atoms with Gasteiger partial charge in [0.15, 0.2) is 5.11 Å². The second-order valence-electron chi connectivity index (χ2n) is 7.55. The SMILES string of the molecule is CCOC(=O)c1c(NC(=S)N[C@@H](NC(=O)c2cccc(C)c2)C(Cl)(Cl)Cl)sc2c1CCCC2. The number of fused-ring (bicyclic) bond motifs is 1. The van der Waals surface area contributed by atoms with Gasteiger partial charge in [0.25, 0.3) is 5.91 Å². The maximum Gasteiger partial charge on any atom is 0.341 e. The number of anilines is 1. The number of esters is 1. The zero-order valence-corrected chi connectivity index (χ0v) is 22.0. The van der Waals surface area contributed by atoms with Gasteiger partial charge in [0.1, 0.15) is 11.2 Å². The lowest BCUT2D eigenvalue weighted by Crippen LogP contribution is -2.56. The van der Waals surface area contributed by atoms with E-state index >= 15 is 0 Å². The predicted octanol–water partition coefficient (Wildman–Crippen LogP) is 5.52. The number of carbonyl (C=O) groups excluding carboxylic acids is 2. The molecule has 0 aliphatic heterocycles. The van der Waals surface area contributed by atoms with E-state index in [4.69, 9.17) is 51.8 Å². The zero-order valence-electron chi connectivity index (χ0n) is 18.1. The number of thiophene rings is 1. The summed E-state index contributed by atoms with van der Waals surface area (Å²) in [7, 11) is 0. The summed E-state index contributed by atoms with van der Waals surface area (Å²) < 4.78 is 3.37. The van der Waals surface area contributed by atoms with Crippen molar-refractivity contribution in [2.24, 2.45) is 0 Å². The van der Waals surface area contributed by atoms with Gasteiger partial charge in [-0.3, -0.25) is 4.79 Å². The maximum absolute atomic E-state index is 12.7. The predicted molar refractivity (Wildman–Crippen MR) is 139 cm³/mol. The minimum atomic E-state index is -1.90. The highest BCUT2D eigenvalue weighted by atomic mass is 35.6. The van der Waals surface area contributed by atoms with E-state index in [-0.39, 0.29) is 11.7 Å². The van der Waals surface area contributed by atoms with Crippen LogP contribution < -0.4 is 16.0 Å². The number of hydrogen-bond donors (Lipinski definition) is 3. The van der Waals surface area contributed by atoms with Gasteiger partial charge in [-0.1, -0.05) is 52.5 Å². The van der Waals surface area contributed by atoms with E-state index in [1.807, 2.05) is 13.0 Å². The molecule has 1 aromatic carbocycles. The normalized spacial score (nSPS) is 14.1. The Balaban J connectivity index is 1.78. The van der Waals surface area contributed by atoms with Crippen LogP contribution in [0.3, 0.4) is 0 Å². The van der Waals surface area contributed by atoms with E-state index in [9.17, 15) is 9.59 Å². The van der Waals surface area contributed by atoms with Crippen LogP contribution in [-0.2, 0) is 17.6 Å². The van der Waals surface area contributed by atoms with Crippen LogP contribution in [0, 0.1) is 6.92 Å². The number of hydrogen-bond acceptors (Lipinski definition) is 5. The highest BCUT2D eigenvalue weighted by molar-refractivity contribution is 7.80. The summed E-state index contributed by atoms with van der Waals surface area (Å²) in [5.74, 6) is -0.822. The number of nitrogens with one attached hydrogen (secondary N) is 3. The third kappa shape index (κ3) is 6.73. The Morgan fingerprint density at radius 2 is 1.94 bits per heavy atom. The second kappa shape index (κ2) is 11.2. The Morgan fingerprint density at radius 3 is 2.61 bits per heavy atom. The second-order valence-corrected chi connectivity index (χ2v) is 11.4. The molecule has 178 valence electrons. The van der Waals surface area contributed by atoms with Crippen molar-refractivity contribution in [3.63, 3.8) is 0 Å². The molecule has 0 bridgehead atoms. The first-order valence-electron chi connectivity index (χ1n) is 10.4. The lowest BCUT2D eigenvalue weighted by atomic mass is 9.95. The number of rotatable bonds is 6. The largest absolute Gasteiger partial charge is 0.462 e. The first kappa shape index (κ1) is 26.0. The number of halogens is 3. The van der Waals surface area contributed by atoms with Gasteiger partial charge in [-0.25, -0.2) is 4.79 Å². The molecule has 1 heterocycles. The van der Waals surface area contributed by atoms with Gasteiger partial charge in [-0.15, -0.1) is 11.3 Å². The fraction of sp³-hybridized carbons (Fsp3) is 0.409. The molecule has 0 fully saturated rings. The van der Waals surface area contributed by atoms with Crippen LogP contribution in [0.5, 0.6) is 0 Å². The molecule has 0 radical (unpaired) electrons. The summed E-state index contributed by atoms with van der Waals surface area (Å²) in [4.78, 5) is 26.5. The minimum Gasteiger partial charge on any atom is -0.462 e. The molecule has 1 aliphatic carbocycles. The van der Waals surface area contributed by atoms with Crippen molar-refractivity contribution in [3.05, 3.63) is 51.4 Å². The first-order valence-corrected chi connectivity index (χ1v) is 12.8. The average molecular weight is 549 g/mol. The third-order valence-corrected chi connectivity index (χ3v) is 7.12. The summed E-state index contributed by atoms with van der Waals surface area (Å²) in [5, 5.41) is 9.22. The molecule has 1 atom stereocenters. The topological polar surface area (TPSA) is 79.5 Å². The van der Waals surface area contributed by atoms with Crippen molar-refractivity contribution in [2.45, 2.75) is 49.5 Å². The van der Waals surface area contributed by atoms with Crippen molar-refractivity contribution in [1.29, 1.82) is 0 Å². The Labute approximate surface area is 217 Å². The summed E-state index contributed by atoms with van der Waals surface area (Å²) in [6, 6.07) is 7.03. The molecule has 0 spiro atoms. The van der Waals surface area contributed by atoms with Gasteiger partial charge in [0.05, 0.1) is 12.2 Å². The highest BCUT2D eigenvalue weighted by Crippen LogP contribution is 2.38. The molecular weight excluding hydrogens is 525 g/mol. The van der Waals surface area contributed by atoms with Crippen LogP contribution in [0.25, 0.3) is 0 Å². The fourth-order valence-electron chi connectivity index (χ4n) is 3.54. The minimum absolute atomic E-state index is 0.0972. The van der Waals surface area contributed by atoms with Crippen molar-refractivity contribution < 1.29 is 14.3 Å². The molecule has 1 amide bonds. The Morgan fingerprint density at radius 1 is 1.21 bits per heavy atom. The van der Waals surface area contributed by atoms with Gasteiger partial charge < -0.3 is 20.7 Å². The smallest absolute Gasteiger partial charge is 0.341 e. The number of benzene rings is 1. The summed E-state index contributed by atoms with van der Waals surface area (Å²) in [6.07, 6.45) is 2.66. The van der Waals surface area contributed by atoms with E-state index in [0.717, 1.165) is 41.7 Å². The monoisotopic (exact) mass is 547 g/mol. The van der Waals surface area contributed by atoms with Crippen LogP contribution in [0.1, 0.15) is 56.5 Å². The third-order valence-electron chi connectivity index (χ3n) is 5.04. The first-order chi connectivity index (χ1) is 15.6. The van der Waals surface area contributed by atoms with E-state index in [0.29, 0.717) is 16.1 Å². The van der Waals surface area contributed by atoms with Crippen LogP contribution in [0.4, 0.5) is 5.00 Å². The molecule has 11 heteroatoms. The number of amides is 1. The molecule has 3 rings (SSSR count). The van der Waals surface area contributed by atoms with E-state index in [1.54, 1.807) is 25.1 Å². The fourth-order valence-corrected chi connectivity index (χ4v) is 5.44. The van der Waals surface area contributed by atoms with Crippen molar-refractivity contribution in [3.8, 4) is 0 Å².